The van der Waals surface area contributed by atoms with Gasteiger partial charge < -0.3 is 9.30 Å². The van der Waals surface area contributed by atoms with E-state index in [1.54, 1.807) is 6.07 Å². The second-order valence-electron chi connectivity index (χ2n) is 7.16. The number of aromatic nitrogens is 1. The summed E-state index contributed by atoms with van der Waals surface area (Å²) in [6, 6.07) is 11.3. The van der Waals surface area contributed by atoms with E-state index in [2.05, 4.69) is 18.2 Å². The average Bonchev–Trinajstić information content (AvgIpc) is 3.17. The third-order valence-corrected chi connectivity index (χ3v) is 8.11. The Morgan fingerprint density at radius 2 is 1.85 bits per heavy atom. The number of halogens is 1. The van der Waals surface area contributed by atoms with Gasteiger partial charge in [0.15, 0.2) is 4.80 Å². The van der Waals surface area contributed by atoms with E-state index in [1.165, 1.54) is 52.1 Å². The predicted octanol–water partition coefficient (Wildman–Crippen LogP) is 4.50. The van der Waals surface area contributed by atoms with Crippen LogP contribution in [0, 0.1) is 0 Å². The molecule has 7 nitrogen and oxygen atoms in total. The van der Waals surface area contributed by atoms with E-state index in [0.717, 1.165) is 10.2 Å². The fraction of sp³-hybridized carbons (Fsp3) is 0.250. The second-order valence-corrected chi connectivity index (χ2v) is 10.5. The van der Waals surface area contributed by atoms with E-state index in [-0.39, 0.29) is 23.5 Å². The lowest BCUT2D eigenvalue weighted by Gasteiger charge is -2.19. The van der Waals surface area contributed by atoms with Crippen LogP contribution in [0.2, 0.25) is 5.02 Å². The summed E-state index contributed by atoms with van der Waals surface area (Å²) in [5.41, 5.74) is 1.07. The van der Waals surface area contributed by atoms with Crippen LogP contribution in [0.15, 0.2) is 77.7 Å². The molecule has 1 aromatic heterocycles. The van der Waals surface area contributed by atoms with Crippen molar-refractivity contribution in [3.8, 4) is 0 Å². The Bertz CT molecular complexity index is 1350. The molecule has 0 N–H and O–H groups in total. The molecule has 3 rings (SSSR count). The monoisotopic (exact) mass is 519 g/mol. The molecule has 180 valence electrons. The number of benzene rings is 2. The van der Waals surface area contributed by atoms with Crippen LogP contribution in [0.4, 0.5) is 0 Å². The van der Waals surface area contributed by atoms with Crippen LogP contribution < -0.4 is 4.80 Å². The van der Waals surface area contributed by atoms with Crippen LogP contribution >= 0.6 is 22.9 Å². The molecule has 1 heterocycles. The normalized spacial score (nSPS) is 12.4. The molecule has 0 aliphatic heterocycles. The van der Waals surface area contributed by atoms with Gasteiger partial charge in [-0.2, -0.15) is 9.30 Å². The molecule has 0 fully saturated rings. The quantitative estimate of drug-likeness (QED) is 0.276. The maximum absolute atomic E-state index is 12.9. The molecule has 2 aromatic carbocycles. The molecule has 0 atom stereocenters. The van der Waals surface area contributed by atoms with Gasteiger partial charge in [0, 0.05) is 31.8 Å². The van der Waals surface area contributed by atoms with Crippen molar-refractivity contribution in [2.24, 2.45) is 4.99 Å². The highest BCUT2D eigenvalue weighted by Gasteiger charge is 2.22. The molecule has 0 bridgehead atoms. The van der Waals surface area contributed by atoms with Crippen LogP contribution in [0.25, 0.3) is 10.2 Å². The summed E-state index contributed by atoms with van der Waals surface area (Å²) in [5, 5.41) is 0.567. The molecule has 34 heavy (non-hydrogen) atoms. The van der Waals surface area contributed by atoms with Gasteiger partial charge >= 0.3 is 0 Å². The molecule has 10 heteroatoms. The Morgan fingerprint density at radius 3 is 2.47 bits per heavy atom. The Balaban J connectivity index is 1.96. The molecular weight excluding hydrogens is 494 g/mol. The van der Waals surface area contributed by atoms with Crippen LogP contribution in [0.3, 0.4) is 0 Å². The van der Waals surface area contributed by atoms with Crippen molar-refractivity contribution < 1.29 is 17.9 Å². The summed E-state index contributed by atoms with van der Waals surface area (Å²) in [7, 11) is -3.75. The first-order valence-corrected chi connectivity index (χ1v) is 13.2. The van der Waals surface area contributed by atoms with Crippen molar-refractivity contribution in [2.45, 2.75) is 18.4 Å². The van der Waals surface area contributed by atoms with E-state index in [9.17, 15) is 13.2 Å². The first kappa shape index (κ1) is 26.1. The minimum absolute atomic E-state index is 0.0770. The number of para-hydroxylation sites is 1. The van der Waals surface area contributed by atoms with Crippen LogP contribution in [-0.4, -0.2) is 49.5 Å². The first-order valence-electron chi connectivity index (χ1n) is 10.6. The number of nitrogens with zero attached hydrogens (tertiary/aromatic N) is 3. The molecule has 0 saturated heterocycles. The summed E-state index contributed by atoms with van der Waals surface area (Å²) in [5.74, 6) is -0.481. The lowest BCUT2D eigenvalue weighted by atomic mass is 10.2. The predicted molar refractivity (Wildman–Crippen MR) is 137 cm³/mol. The summed E-state index contributed by atoms with van der Waals surface area (Å²) in [4.78, 5) is 17.8. The average molecular weight is 520 g/mol. The number of amides is 1. The van der Waals surface area contributed by atoms with Crippen molar-refractivity contribution in [3.05, 3.63) is 83.2 Å². The Hall–Kier alpha value is -2.56. The lowest BCUT2D eigenvalue weighted by molar-refractivity contribution is 0.0996. The number of carbonyl (C=O) groups is 1. The van der Waals surface area contributed by atoms with Crippen LogP contribution in [-0.2, 0) is 21.3 Å². The zero-order chi connectivity index (χ0) is 24.7. The summed E-state index contributed by atoms with van der Waals surface area (Å²) in [6.07, 6.45) is 3.02. The van der Waals surface area contributed by atoms with Gasteiger partial charge in [-0.3, -0.25) is 4.79 Å². The van der Waals surface area contributed by atoms with Gasteiger partial charge in [0.25, 0.3) is 5.91 Å². The number of rotatable bonds is 11. The number of hydrogen-bond acceptors (Lipinski definition) is 5. The van der Waals surface area contributed by atoms with Crippen molar-refractivity contribution in [1.82, 2.24) is 8.87 Å². The lowest BCUT2D eigenvalue weighted by Crippen LogP contribution is -2.31. The third-order valence-electron chi connectivity index (χ3n) is 4.92. The topological polar surface area (TPSA) is 81.0 Å². The van der Waals surface area contributed by atoms with Gasteiger partial charge in [-0.15, -0.1) is 13.2 Å². The van der Waals surface area contributed by atoms with Crippen LogP contribution in [0.5, 0.6) is 0 Å². The maximum atomic E-state index is 12.9. The van der Waals surface area contributed by atoms with E-state index in [0.29, 0.717) is 29.6 Å². The summed E-state index contributed by atoms with van der Waals surface area (Å²) in [6.45, 7) is 10.9. The molecule has 3 aromatic rings. The van der Waals surface area contributed by atoms with E-state index >= 15 is 0 Å². The van der Waals surface area contributed by atoms with E-state index in [1.807, 2.05) is 23.6 Å². The minimum atomic E-state index is -3.75. The Morgan fingerprint density at radius 1 is 1.18 bits per heavy atom. The number of thiazole rings is 1. The fourth-order valence-corrected chi connectivity index (χ4v) is 6.10. The van der Waals surface area contributed by atoms with Gasteiger partial charge in [0.1, 0.15) is 0 Å². The Kier molecular flexibility index (Phi) is 8.98. The summed E-state index contributed by atoms with van der Waals surface area (Å²) >= 11 is 7.77. The number of fused-ring (bicyclic) bond motifs is 1. The maximum Gasteiger partial charge on any atom is 0.279 e. The molecule has 0 saturated carbocycles. The Labute approximate surface area is 208 Å². The highest BCUT2D eigenvalue weighted by atomic mass is 35.5. The molecule has 0 unspecified atom stereocenters. The van der Waals surface area contributed by atoms with Crippen molar-refractivity contribution >= 4 is 49.1 Å². The zero-order valence-electron chi connectivity index (χ0n) is 18.8. The molecule has 1 amide bonds. The molecule has 0 aliphatic rings. The van der Waals surface area contributed by atoms with Gasteiger partial charge in [-0.25, -0.2) is 8.42 Å². The highest BCUT2D eigenvalue weighted by Crippen LogP contribution is 2.25. The van der Waals surface area contributed by atoms with E-state index < -0.39 is 15.9 Å². The standard InChI is InChI=1S/C24H26ClN3O4S2/c1-4-14-27(15-5-2)34(30,31)19-12-10-18(11-13-19)23(29)26-24-28(16-17-32-6-3)22-20(25)8-7-9-21(22)33-24/h4-5,7-13H,1-2,6,14-17H2,3H3. The number of carbonyl (C=O) groups excluding carboxylic acids is 1. The highest BCUT2D eigenvalue weighted by molar-refractivity contribution is 7.89. The third kappa shape index (κ3) is 5.73. The van der Waals surface area contributed by atoms with Gasteiger partial charge in [0.2, 0.25) is 10.0 Å². The fourth-order valence-electron chi connectivity index (χ4n) is 3.31. The largest absolute Gasteiger partial charge is 0.380 e. The summed E-state index contributed by atoms with van der Waals surface area (Å²) < 4.78 is 35.3. The molecule has 0 spiro atoms. The van der Waals surface area contributed by atoms with Gasteiger partial charge in [-0.1, -0.05) is 41.2 Å². The smallest absolute Gasteiger partial charge is 0.279 e. The minimum Gasteiger partial charge on any atom is -0.380 e. The molecule has 0 aliphatic carbocycles. The number of sulfonamides is 1. The van der Waals surface area contributed by atoms with Gasteiger partial charge in [-0.05, 0) is 43.3 Å². The SMILES string of the molecule is C=CCN(CC=C)S(=O)(=O)c1ccc(C(=O)N=c2sc3cccc(Cl)c3n2CCOCC)cc1. The first-order chi connectivity index (χ1) is 16.3. The zero-order valence-corrected chi connectivity index (χ0v) is 21.2. The van der Waals surface area contributed by atoms with Crippen molar-refractivity contribution in [1.29, 1.82) is 0 Å². The van der Waals surface area contributed by atoms with E-state index in [4.69, 9.17) is 16.3 Å². The van der Waals surface area contributed by atoms with Crippen molar-refractivity contribution in [2.75, 3.05) is 26.3 Å². The van der Waals surface area contributed by atoms with Crippen molar-refractivity contribution in [3.63, 3.8) is 0 Å². The second kappa shape index (κ2) is 11.7. The molecular formula is C24H26ClN3O4S2. The number of ether oxygens (including phenoxy) is 1. The molecule has 0 radical (unpaired) electrons. The number of hydrogen-bond donors (Lipinski definition) is 0. The van der Waals surface area contributed by atoms with Gasteiger partial charge in [0.05, 0.1) is 26.7 Å². The van der Waals surface area contributed by atoms with Crippen LogP contribution in [0.1, 0.15) is 17.3 Å².